The Morgan fingerprint density at radius 2 is 1.97 bits per heavy atom. The van der Waals surface area contributed by atoms with E-state index in [9.17, 15) is 9.59 Å². The van der Waals surface area contributed by atoms with Crippen molar-refractivity contribution in [3.63, 3.8) is 0 Å². The summed E-state index contributed by atoms with van der Waals surface area (Å²) in [4.78, 5) is 28.6. The van der Waals surface area contributed by atoms with Gasteiger partial charge in [-0.3, -0.25) is 10.1 Å². The molecule has 2 aromatic heterocycles. The molecule has 3 rings (SSSR count). The van der Waals surface area contributed by atoms with Crippen LogP contribution in [0.5, 0.6) is 0 Å². The molecule has 0 radical (unpaired) electrons. The Morgan fingerprint density at radius 1 is 1.21 bits per heavy atom. The predicted octanol–water partition coefficient (Wildman–Crippen LogP) is 2.58. The molecule has 0 aliphatic rings. The van der Waals surface area contributed by atoms with Crippen molar-refractivity contribution in [3.8, 4) is 11.3 Å². The first-order valence-corrected chi connectivity index (χ1v) is 10.1. The van der Waals surface area contributed by atoms with Crippen LogP contribution in [0.25, 0.3) is 16.8 Å². The lowest BCUT2D eigenvalue weighted by molar-refractivity contribution is -0.117. The van der Waals surface area contributed by atoms with Gasteiger partial charge in [0, 0.05) is 19.2 Å². The van der Waals surface area contributed by atoms with Gasteiger partial charge in [-0.1, -0.05) is 42.1 Å². The van der Waals surface area contributed by atoms with Gasteiger partial charge in [0.2, 0.25) is 5.91 Å². The fourth-order valence-corrected chi connectivity index (χ4v) is 3.64. The summed E-state index contributed by atoms with van der Waals surface area (Å²) < 4.78 is 6.62. The van der Waals surface area contributed by atoms with E-state index >= 15 is 0 Å². The minimum Gasteiger partial charge on any atom is -0.383 e. The van der Waals surface area contributed by atoms with E-state index in [0.717, 1.165) is 28.0 Å². The van der Waals surface area contributed by atoms with E-state index in [1.807, 2.05) is 50.2 Å². The second-order valence-electron chi connectivity index (χ2n) is 6.42. The maximum absolute atomic E-state index is 12.1. The summed E-state index contributed by atoms with van der Waals surface area (Å²) in [6.07, 6.45) is 0. The molecule has 0 spiro atoms. The molecule has 0 saturated carbocycles. The zero-order valence-electron chi connectivity index (χ0n) is 16.6. The number of thioether (sulfide) groups is 1. The van der Waals surface area contributed by atoms with Gasteiger partial charge in [0.05, 0.1) is 29.3 Å². The van der Waals surface area contributed by atoms with Crippen LogP contribution < -0.4 is 10.6 Å². The van der Waals surface area contributed by atoms with Crippen LogP contribution in [-0.4, -0.2) is 52.6 Å². The van der Waals surface area contributed by atoms with Crippen molar-refractivity contribution in [2.24, 2.45) is 0 Å². The zero-order chi connectivity index (χ0) is 20.8. The largest absolute Gasteiger partial charge is 0.383 e. The standard InChI is InChI=1S/C20H23N5O3S/c1-13-11-14(2)24-25-18(13)17(15-7-5-4-6-8-15)23-20(25)29-12-16(26)22-19(27)21-9-10-28-3/h4-8,11H,9-10,12H2,1-3H3,(H2,21,22,26,27). The molecule has 2 N–H and O–H groups in total. The smallest absolute Gasteiger partial charge is 0.321 e. The van der Waals surface area contributed by atoms with Crippen LogP contribution in [0.15, 0.2) is 41.6 Å². The lowest BCUT2D eigenvalue weighted by atomic mass is 10.1. The molecule has 0 aliphatic heterocycles. The molecule has 0 bridgehead atoms. The van der Waals surface area contributed by atoms with Crippen LogP contribution in [0.3, 0.4) is 0 Å². The lowest BCUT2D eigenvalue weighted by Gasteiger charge is -2.06. The first-order chi connectivity index (χ1) is 14.0. The summed E-state index contributed by atoms with van der Waals surface area (Å²) in [5, 5.41) is 10.0. The van der Waals surface area contributed by atoms with Crippen molar-refractivity contribution in [1.82, 2.24) is 25.2 Å². The molecule has 0 unspecified atom stereocenters. The summed E-state index contributed by atoms with van der Waals surface area (Å²) in [7, 11) is 1.54. The first kappa shape index (κ1) is 20.8. The molecular weight excluding hydrogens is 390 g/mol. The Bertz CT molecular complexity index is 1020. The number of rotatable bonds is 7. The first-order valence-electron chi connectivity index (χ1n) is 9.11. The number of nitrogens with one attached hydrogen (secondary N) is 2. The van der Waals surface area contributed by atoms with E-state index in [2.05, 4.69) is 15.7 Å². The van der Waals surface area contributed by atoms with Crippen molar-refractivity contribution < 1.29 is 14.3 Å². The summed E-state index contributed by atoms with van der Waals surface area (Å²) >= 11 is 1.23. The van der Waals surface area contributed by atoms with E-state index in [1.165, 1.54) is 18.9 Å². The van der Waals surface area contributed by atoms with Gasteiger partial charge in [0.15, 0.2) is 5.16 Å². The van der Waals surface area contributed by atoms with Gasteiger partial charge in [-0.05, 0) is 25.5 Å². The molecular formula is C20H23N5O3S. The topological polar surface area (TPSA) is 97.6 Å². The SMILES string of the molecule is COCCNC(=O)NC(=O)CSc1nc(-c2ccccc2)c2c(C)cc(C)nn12. The molecule has 9 heteroatoms. The van der Waals surface area contributed by atoms with Gasteiger partial charge in [0.25, 0.3) is 0 Å². The third-order valence-corrected chi connectivity index (χ3v) is 5.03. The summed E-state index contributed by atoms with van der Waals surface area (Å²) in [6.45, 7) is 4.64. The summed E-state index contributed by atoms with van der Waals surface area (Å²) in [6, 6.07) is 11.3. The number of benzene rings is 1. The molecule has 0 saturated heterocycles. The quantitative estimate of drug-likeness (QED) is 0.456. The molecule has 0 aliphatic carbocycles. The fourth-order valence-electron chi connectivity index (χ4n) is 2.90. The second-order valence-corrected chi connectivity index (χ2v) is 7.37. The molecule has 0 fully saturated rings. The number of methoxy groups -OCH3 is 1. The maximum atomic E-state index is 12.1. The Labute approximate surface area is 173 Å². The number of hydrogen-bond acceptors (Lipinski definition) is 6. The molecule has 0 atom stereocenters. The number of hydrogen-bond donors (Lipinski definition) is 2. The van der Waals surface area contributed by atoms with Gasteiger partial charge in [-0.25, -0.2) is 14.3 Å². The number of aromatic nitrogens is 3. The summed E-state index contributed by atoms with van der Waals surface area (Å²) in [5.41, 5.74) is 4.61. The zero-order valence-corrected chi connectivity index (χ0v) is 17.4. The minimum absolute atomic E-state index is 0.0414. The highest BCUT2D eigenvalue weighted by Crippen LogP contribution is 2.30. The third kappa shape index (κ3) is 5.12. The van der Waals surface area contributed by atoms with Gasteiger partial charge >= 0.3 is 6.03 Å². The normalized spacial score (nSPS) is 10.9. The van der Waals surface area contributed by atoms with Crippen molar-refractivity contribution >= 4 is 29.2 Å². The Hall–Kier alpha value is -2.91. The molecule has 152 valence electrons. The highest BCUT2D eigenvalue weighted by atomic mass is 32.2. The second kappa shape index (κ2) is 9.53. The van der Waals surface area contributed by atoms with Crippen molar-refractivity contribution in [2.75, 3.05) is 26.0 Å². The molecule has 2 heterocycles. The molecule has 8 nitrogen and oxygen atoms in total. The number of nitrogens with zero attached hydrogens (tertiary/aromatic N) is 3. The van der Waals surface area contributed by atoms with E-state index < -0.39 is 11.9 Å². The van der Waals surface area contributed by atoms with E-state index in [0.29, 0.717) is 18.3 Å². The summed E-state index contributed by atoms with van der Waals surface area (Å²) in [5.74, 6) is -0.369. The number of ether oxygens (including phenoxy) is 1. The third-order valence-electron chi connectivity index (χ3n) is 4.11. The Kier molecular flexibility index (Phi) is 6.84. The maximum Gasteiger partial charge on any atom is 0.321 e. The van der Waals surface area contributed by atoms with Gasteiger partial charge in [-0.2, -0.15) is 5.10 Å². The van der Waals surface area contributed by atoms with Gasteiger partial charge < -0.3 is 10.1 Å². The van der Waals surface area contributed by atoms with Crippen LogP contribution in [0, 0.1) is 13.8 Å². The van der Waals surface area contributed by atoms with Crippen LogP contribution in [-0.2, 0) is 9.53 Å². The van der Waals surface area contributed by atoms with Gasteiger partial charge in [-0.15, -0.1) is 0 Å². The lowest BCUT2D eigenvalue weighted by Crippen LogP contribution is -2.41. The van der Waals surface area contributed by atoms with Crippen LogP contribution in [0.4, 0.5) is 4.79 Å². The molecule has 3 aromatic rings. The van der Waals surface area contributed by atoms with Gasteiger partial charge in [0.1, 0.15) is 0 Å². The van der Waals surface area contributed by atoms with E-state index in [4.69, 9.17) is 9.72 Å². The minimum atomic E-state index is -0.546. The monoisotopic (exact) mass is 413 g/mol. The van der Waals surface area contributed by atoms with Crippen molar-refractivity contribution in [1.29, 1.82) is 0 Å². The van der Waals surface area contributed by atoms with Crippen LogP contribution >= 0.6 is 11.8 Å². The average molecular weight is 414 g/mol. The Morgan fingerprint density at radius 3 is 2.69 bits per heavy atom. The highest BCUT2D eigenvalue weighted by Gasteiger charge is 2.18. The van der Waals surface area contributed by atoms with Crippen LogP contribution in [0.2, 0.25) is 0 Å². The Balaban J connectivity index is 1.79. The fraction of sp³-hybridized carbons (Fsp3) is 0.300. The number of carbonyl (C=O) groups excluding carboxylic acids is 2. The number of carbonyl (C=O) groups is 2. The van der Waals surface area contributed by atoms with Crippen LogP contribution in [0.1, 0.15) is 11.3 Å². The molecule has 3 amide bonds. The predicted molar refractivity (Wildman–Crippen MR) is 112 cm³/mol. The highest BCUT2D eigenvalue weighted by molar-refractivity contribution is 7.99. The number of amides is 3. The van der Waals surface area contributed by atoms with E-state index in [1.54, 1.807) is 4.52 Å². The number of aryl methyl sites for hydroxylation is 2. The number of urea groups is 1. The van der Waals surface area contributed by atoms with Crippen molar-refractivity contribution in [2.45, 2.75) is 19.0 Å². The molecule has 1 aromatic carbocycles. The average Bonchev–Trinajstić information content (AvgIpc) is 3.06. The molecule has 29 heavy (non-hydrogen) atoms. The van der Waals surface area contributed by atoms with Crippen molar-refractivity contribution in [3.05, 3.63) is 47.7 Å². The number of fused-ring (bicyclic) bond motifs is 1. The van der Waals surface area contributed by atoms with E-state index in [-0.39, 0.29) is 5.75 Å². The number of imide groups is 1. The number of imidazole rings is 1.